The Morgan fingerprint density at radius 1 is 1.00 bits per heavy atom. The topological polar surface area (TPSA) is 30.5 Å². The maximum atomic E-state index is 6.07. The van der Waals surface area contributed by atoms with Crippen molar-refractivity contribution in [3.8, 4) is 11.5 Å². The molecule has 148 valence electrons. The molecule has 27 heavy (non-hydrogen) atoms. The summed E-state index contributed by atoms with van der Waals surface area (Å²) in [5.74, 6) is 1.38. The summed E-state index contributed by atoms with van der Waals surface area (Å²) in [6, 6.07) is 9.54. The highest BCUT2D eigenvalue weighted by Crippen LogP contribution is 2.37. The van der Waals surface area contributed by atoms with Gasteiger partial charge in [0.2, 0.25) is 0 Å². The summed E-state index contributed by atoms with van der Waals surface area (Å²) in [7, 11) is 1.65. The summed E-state index contributed by atoms with van der Waals surface area (Å²) in [6.07, 6.45) is 5.04. The Morgan fingerprint density at radius 3 is 2.52 bits per heavy atom. The summed E-state index contributed by atoms with van der Waals surface area (Å²) in [5.41, 5.74) is 2.09. The van der Waals surface area contributed by atoms with Gasteiger partial charge < -0.3 is 14.8 Å². The minimum absolute atomic E-state index is 0.376. The van der Waals surface area contributed by atoms with Gasteiger partial charge in [0, 0.05) is 6.54 Å². The maximum absolute atomic E-state index is 6.07. The number of methoxy groups -OCH3 is 1. The van der Waals surface area contributed by atoms with Crippen LogP contribution in [0.3, 0.4) is 0 Å². The third kappa shape index (κ3) is 7.19. The lowest BCUT2D eigenvalue weighted by atomic mass is 10.2. The van der Waals surface area contributed by atoms with E-state index in [4.69, 9.17) is 32.7 Å². The highest BCUT2D eigenvalue weighted by Gasteiger charge is 2.12. The molecule has 0 saturated heterocycles. The van der Waals surface area contributed by atoms with Crippen molar-refractivity contribution in [3.63, 3.8) is 0 Å². The van der Waals surface area contributed by atoms with Gasteiger partial charge >= 0.3 is 0 Å². The largest absolute Gasteiger partial charge is 0.493 e. The first-order valence-corrected chi connectivity index (χ1v) is 10.7. The van der Waals surface area contributed by atoms with Crippen molar-refractivity contribution >= 4 is 39.1 Å². The summed E-state index contributed by atoms with van der Waals surface area (Å²) >= 11 is 15.6. The van der Waals surface area contributed by atoms with Crippen LogP contribution in [-0.2, 0) is 13.2 Å². The summed E-state index contributed by atoms with van der Waals surface area (Å²) in [5, 5.41) is 4.53. The first-order chi connectivity index (χ1) is 13.0. The molecule has 0 spiro atoms. The fraction of sp³-hybridized carbons (Fsp3) is 0.429. The van der Waals surface area contributed by atoms with Gasteiger partial charge in [0.1, 0.15) is 6.61 Å². The Labute approximate surface area is 180 Å². The summed E-state index contributed by atoms with van der Waals surface area (Å²) < 4.78 is 12.4. The molecular formula is C21H26BrCl2NO2. The predicted octanol–water partition coefficient (Wildman–Crippen LogP) is 7.01. The number of rotatable bonds is 11. The molecule has 0 aliphatic carbocycles. The standard InChI is InChI=1S/C21H26BrCl2NO2/c1-3-4-5-6-9-25-13-16-10-17(22)21(20(12-16)26-2)27-14-15-7-8-18(23)19(24)11-15/h7-8,10-12,25H,3-6,9,13-14H2,1-2H3. The molecule has 0 unspecified atom stereocenters. The van der Waals surface area contributed by atoms with Crippen LogP contribution in [0, 0.1) is 0 Å². The molecule has 6 heteroatoms. The first-order valence-electron chi connectivity index (χ1n) is 9.19. The average molecular weight is 475 g/mol. The number of hydrogen-bond donors (Lipinski definition) is 1. The van der Waals surface area contributed by atoms with Crippen LogP contribution in [0.25, 0.3) is 0 Å². The smallest absolute Gasteiger partial charge is 0.175 e. The molecule has 0 heterocycles. The zero-order valence-electron chi connectivity index (χ0n) is 15.8. The summed E-state index contributed by atoms with van der Waals surface area (Å²) in [6.45, 7) is 4.42. The lowest BCUT2D eigenvalue weighted by molar-refractivity contribution is 0.282. The van der Waals surface area contributed by atoms with Gasteiger partial charge in [-0.05, 0) is 64.3 Å². The second-order valence-corrected chi connectivity index (χ2v) is 8.05. The zero-order chi connectivity index (χ0) is 19.6. The Morgan fingerprint density at radius 2 is 1.81 bits per heavy atom. The lowest BCUT2D eigenvalue weighted by Crippen LogP contribution is -2.14. The minimum atomic E-state index is 0.376. The van der Waals surface area contributed by atoms with Gasteiger partial charge in [-0.1, -0.05) is 55.5 Å². The van der Waals surface area contributed by atoms with E-state index in [9.17, 15) is 0 Å². The van der Waals surface area contributed by atoms with Crippen molar-refractivity contribution < 1.29 is 9.47 Å². The second kappa shape index (κ2) is 11.8. The average Bonchev–Trinajstić information content (AvgIpc) is 2.66. The molecule has 0 amide bonds. The Kier molecular flexibility index (Phi) is 9.77. The minimum Gasteiger partial charge on any atom is -0.493 e. The fourth-order valence-electron chi connectivity index (χ4n) is 2.71. The van der Waals surface area contributed by atoms with Gasteiger partial charge in [0.05, 0.1) is 21.6 Å². The molecule has 0 saturated carbocycles. The molecule has 0 atom stereocenters. The van der Waals surface area contributed by atoms with E-state index in [0.717, 1.165) is 28.7 Å². The van der Waals surface area contributed by atoms with Crippen LogP contribution < -0.4 is 14.8 Å². The van der Waals surface area contributed by atoms with Gasteiger partial charge in [0.25, 0.3) is 0 Å². The number of halogens is 3. The molecule has 2 aromatic rings. The number of unbranched alkanes of at least 4 members (excludes halogenated alkanes) is 3. The van der Waals surface area contributed by atoms with Crippen LogP contribution in [0.15, 0.2) is 34.8 Å². The van der Waals surface area contributed by atoms with Gasteiger partial charge in [-0.3, -0.25) is 0 Å². The van der Waals surface area contributed by atoms with Gasteiger partial charge in [-0.2, -0.15) is 0 Å². The number of ether oxygens (including phenoxy) is 2. The maximum Gasteiger partial charge on any atom is 0.175 e. The van der Waals surface area contributed by atoms with Crippen molar-refractivity contribution in [2.75, 3.05) is 13.7 Å². The van der Waals surface area contributed by atoms with Gasteiger partial charge in [-0.15, -0.1) is 0 Å². The number of hydrogen-bond acceptors (Lipinski definition) is 3. The zero-order valence-corrected chi connectivity index (χ0v) is 18.9. The van der Waals surface area contributed by atoms with Crippen LogP contribution in [0.5, 0.6) is 11.5 Å². The third-order valence-corrected chi connectivity index (χ3v) is 5.52. The first kappa shape index (κ1) is 22.4. The normalized spacial score (nSPS) is 10.9. The Hall–Kier alpha value is -0.940. The molecular weight excluding hydrogens is 449 g/mol. The van der Waals surface area contributed by atoms with E-state index in [0.29, 0.717) is 28.2 Å². The molecule has 0 aliphatic heterocycles. The predicted molar refractivity (Wildman–Crippen MR) is 117 cm³/mol. The highest BCUT2D eigenvalue weighted by atomic mass is 79.9. The van der Waals surface area contributed by atoms with E-state index in [1.54, 1.807) is 19.2 Å². The van der Waals surface area contributed by atoms with Gasteiger partial charge in [-0.25, -0.2) is 0 Å². The molecule has 3 nitrogen and oxygen atoms in total. The number of benzene rings is 2. The monoisotopic (exact) mass is 473 g/mol. The van der Waals surface area contributed by atoms with Crippen LogP contribution in [0.1, 0.15) is 43.7 Å². The molecule has 0 aromatic heterocycles. The van der Waals surface area contributed by atoms with Crippen molar-refractivity contribution in [1.29, 1.82) is 0 Å². The van der Waals surface area contributed by atoms with Crippen LogP contribution in [0.2, 0.25) is 10.0 Å². The Balaban J connectivity index is 1.97. The van der Waals surface area contributed by atoms with E-state index in [1.807, 2.05) is 12.1 Å². The second-order valence-electron chi connectivity index (χ2n) is 6.38. The lowest BCUT2D eigenvalue weighted by Gasteiger charge is -2.15. The number of nitrogens with one attached hydrogen (secondary N) is 1. The van der Waals surface area contributed by atoms with Gasteiger partial charge in [0.15, 0.2) is 11.5 Å². The molecule has 0 aliphatic rings. The molecule has 1 N–H and O–H groups in total. The quantitative estimate of drug-likeness (QED) is 0.355. The van der Waals surface area contributed by atoms with E-state index in [1.165, 1.54) is 25.7 Å². The molecule has 2 rings (SSSR count). The SMILES string of the molecule is CCCCCCNCc1cc(Br)c(OCc2ccc(Cl)c(Cl)c2)c(OC)c1. The fourth-order valence-corrected chi connectivity index (χ4v) is 3.63. The van der Waals surface area contributed by atoms with E-state index < -0.39 is 0 Å². The van der Waals surface area contributed by atoms with Crippen molar-refractivity contribution in [3.05, 3.63) is 56.0 Å². The van der Waals surface area contributed by atoms with E-state index in [2.05, 4.69) is 34.2 Å². The molecule has 2 aromatic carbocycles. The van der Waals surface area contributed by atoms with Crippen LogP contribution in [-0.4, -0.2) is 13.7 Å². The van der Waals surface area contributed by atoms with Crippen LogP contribution >= 0.6 is 39.1 Å². The molecule has 0 radical (unpaired) electrons. The molecule has 0 fully saturated rings. The van der Waals surface area contributed by atoms with Crippen molar-refractivity contribution in [2.45, 2.75) is 45.8 Å². The van der Waals surface area contributed by atoms with Crippen LogP contribution in [0.4, 0.5) is 0 Å². The summed E-state index contributed by atoms with van der Waals surface area (Å²) in [4.78, 5) is 0. The third-order valence-electron chi connectivity index (χ3n) is 4.19. The Bertz CT molecular complexity index is 740. The van der Waals surface area contributed by atoms with E-state index in [-0.39, 0.29) is 0 Å². The highest BCUT2D eigenvalue weighted by molar-refractivity contribution is 9.10. The molecule has 0 bridgehead atoms. The van der Waals surface area contributed by atoms with Crippen molar-refractivity contribution in [1.82, 2.24) is 5.32 Å². The van der Waals surface area contributed by atoms with Crippen molar-refractivity contribution in [2.24, 2.45) is 0 Å². The van der Waals surface area contributed by atoms with E-state index >= 15 is 0 Å².